The second kappa shape index (κ2) is 16.6. The van der Waals surface area contributed by atoms with Gasteiger partial charge in [0.1, 0.15) is 11.6 Å². The van der Waals surface area contributed by atoms with Gasteiger partial charge in [0, 0.05) is 46.4 Å². The number of methoxy groups -OCH3 is 1. The van der Waals surface area contributed by atoms with Crippen molar-refractivity contribution < 1.29 is 28.9 Å². The number of morpholine rings is 1. The number of nitrogens with zero attached hydrogens (tertiary/aromatic N) is 4. The van der Waals surface area contributed by atoms with Gasteiger partial charge >= 0.3 is 6.09 Å². The molecule has 0 aromatic heterocycles. The number of hydrogen-bond acceptors (Lipinski definition) is 8. The first kappa shape index (κ1) is 31.1. The van der Waals surface area contributed by atoms with Crippen molar-refractivity contribution in [3.63, 3.8) is 0 Å². The van der Waals surface area contributed by atoms with Crippen molar-refractivity contribution >= 4 is 18.0 Å². The lowest BCUT2D eigenvalue weighted by molar-refractivity contribution is -0.124. The minimum atomic E-state index is -1.22. The largest absolute Gasteiger partial charge is 0.465 e. The first-order valence-corrected chi connectivity index (χ1v) is 14.4. The summed E-state index contributed by atoms with van der Waals surface area (Å²) in [6.45, 7) is 6.04. The SMILES string of the molecule is COCCOCCCN1CCC(C#N)(NC(=O)C(CC2CCCCC2)N=C(NC(=O)O)N2CCOCC2)CC1. The Bertz CT molecular complexity index is 829. The van der Waals surface area contributed by atoms with E-state index in [1.54, 1.807) is 7.11 Å². The van der Waals surface area contributed by atoms with Gasteiger partial charge in [-0.25, -0.2) is 9.79 Å². The topological polar surface area (TPSA) is 149 Å². The third-order valence-electron chi connectivity index (χ3n) is 7.87. The van der Waals surface area contributed by atoms with Crippen LogP contribution in [0.25, 0.3) is 0 Å². The van der Waals surface area contributed by atoms with E-state index >= 15 is 0 Å². The van der Waals surface area contributed by atoms with Gasteiger partial charge in [0.25, 0.3) is 0 Å². The zero-order valence-electron chi connectivity index (χ0n) is 23.4. The van der Waals surface area contributed by atoms with Crippen molar-refractivity contribution in [2.24, 2.45) is 10.9 Å². The van der Waals surface area contributed by atoms with Gasteiger partial charge in [-0.05, 0) is 31.6 Å². The molecule has 3 fully saturated rings. The Morgan fingerprint density at radius 3 is 2.49 bits per heavy atom. The average Bonchev–Trinajstić information content (AvgIpc) is 2.95. The minimum Gasteiger partial charge on any atom is -0.465 e. The molecule has 0 bridgehead atoms. The van der Waals surface area contributed by atoms with Crippen LogP contribution >= 0.6 is 0 Å². The monoisotopic (exact) mass is 550 g/mol. The quantitative estimate of drug-likeness (QED) is 0.188. The summed E-state index contributed by atoms with van der Waals surface area (Å²) in [7, 11) is 1.65. The van der Waals surface area contributed by atoms with Crippen LogP contribution in [0.15, 0.2) is 4.99 Å². The number of rotatable bonds is 12. The molecule has 3 rings (SSSR count). The molecule has 0 aromatic rings. The minimum absolute atomic E-state index is 0.176. The first-order chi connectivity index (χ1) is 18.9. The van der Waals surface area contributed by atoms with E-state index in [2.05, 4.69) is 21.6 Å². The van der Waals surface area contributed by atoms with Crippen LogP contribution in [0.4, 0.5) is 4.79 Å². The maximum atomic E-state index is 13.7. The third-order valence-corrected chi connectivity index (χ3v) is 7.87. The van der Waals surface area contributed by atoms with Crippen LogP contribution < -0.4 is 10.6 Å². The molecular weight excluding hydrogens is 504 g/mol. The molecule has 220 valence electrons. The number of amides is 2. The first-order valence-electron chi connectivity index (χ1n) is 14.4. The van der Waals surface area contributed by atoms with E-state index in [0.717, 1.165) is 38.6 Å². The number of likely N-dealkylation sites (tertiary alicyclic amines) is 1. The van der Waals surface area contributed by atoms with E-state index in [9.17, 15) is 20.0 Å². The molecule has 0 spiro atoms. The number of carboxylic acid groups (broad SMARTS) is 1. The molecule has 2 amide bonds. The van der Waals surface area contributed by atoms with Gasteiger partial charge in [0.2, 0.25) is 11.9 Å². The van der Waals surface area contributed by atoms with Gasteiger partial charge in [-0.1, -0.05) is 32.1 Å². The number of aliphatic imine (C=N–C) groups is 1. The number of nitrogens with one attached hydrogen (secondary N) is 2. The highest BCUT2D eigenvalue weighted by molar-refractivity contribution is 5.95. The number of piperidine rings is 1. The molecule has 0 aromatic carbocycles. The van der Waals surface area contributed by atoms with Crippen LogP contribution in [0, 0.1) is 17.2 Å². The summed E-state index contributed by atoms with van der Waals surface area (Å²) in [6.07, 6.45) is 6.80. The normalized spacial score (nSPS) is 21.6. The van der Waals surface area contributed by atoms with Crippen LogP contribution in [-0.2, 0) is 19.0 Å². The lowest BCUT2D eigenvalue weighted by Crippen LogP contribution is -2.57. The van der Waals surface area contributed by atoms with Crippen LogP contribution in [0.2, 0.25) is 0 Å². The smallest absolute Gasteiger partial charge is 0.411 e. The Labute approximate surface area is 232 Å². The molecule has 1 aliphatic carbocycles. The highest BCUT2D eigenvalue weighted by atomic mass is 16.5. The van der Waals surface area contributed by atoms with Gasteiger partial charge in [0.05, 0.1) is 32.5 Å². The molecule has 12 heteroatoms. The van der Waals surface area contributed by atoms with E-state index in [0.29, 0.717) is 84.4 Å². The Morgan fingerprint density at radius 2 is 1.85 bits per heavy atom. The van der Waals surface area contributed by atoms with Gasteiger partial charge < -0.3 is 34.4 Å². The standard InChI is InChI=1S/C27H46N6O6/c1-37-18-19-38-15-5-10-32-11-8-27(21-28,9-12-32)31-24(34)23(20-22-6-3-2-4-7-22)29-25(30-26(35)36)33-13-16-39-17-14-33/h22-23H,2-20H2,1H3,(H,29,30)(H,31,34)(H,35,36). The molecule has 39 heavy (non-hydrogen) atoms. The number of hydrogen-bond donors (Lipinski definition) is 3. The predicted molar refractivity (Wildman–Crippen MR) is 145 cm³/mol. The fourth-order valence-electron chi connectivity index (χ4n) is 5.55. The van der Waals surface area contributed by atoms with Gasteiger partial charge in [-0.3, -0.25) is 10.1 Å². The van der Waals surface area contributed by atoms with Crippen LogP contribution in [0.3, 0.4) is 0 Å². The average molecular weight is 551 g/mol. The molecule has 2 saturated heterocycles. The summed E-state index contributed by atoms with van der Waals surface area (Å²) in [5, 5.41) is 25.0. The fraction of sp³-hybridized carbons (Fsp3) is 0.852. The Morgan fingerprint density at radius 1 is 1.13 bits per heavy atom. The van der Waals surface area contributed by atoms with Crippen LogP contribution in [-0.4, -0.2) is 117 Å². The van der Waals surface area contributed by atoms with Crippen molar-refractivity contribution in [1.29, 1.82) is 5.26 Å². The Hall–Kier alpha value is -2.46. The van der Waals surface area contributed by atoms with Crippen molar-refractivity contribution in [2.45, 2.75) is 69.4 Å². The molecule has 2 heterocycles. The maximum Gasteiger partial charge on any atom is 0.411 e. The molecule has 12 nitrogen and oxygen atoms in total. The molecule has 1 saturated carbocycles. The lowest BCUT2D eigenvalue weighted by atomic mass is 9.84. The van der Waals surface area contributed by atoms with Crippen molar-refractivity contribution in [3.05, 3.63) is 0 Å². The third kappa shape index (κ3) is 10.6. The maximum absolute atomic E-state index is 13.7. The second-order valence-electron chi connectivity index (χ2n) is 10.7. The molecule has 3 N–H and O–H groups in total. The number of guanidine groups is 1. The summed E-state index contributed by atoms with van der Waals surface area (Å²) in [6, 6.07) is 1.61. The van der Waals surface area contributed by atoms with Gasteiger partial charge in [-0.2, -0.15) is 5.26 Å². The highest BCUT2D eigenvalue weighted by Crippen LogP contribution is 2.29. The number of nitriles is 1. The number of carbonyl (C=O) groups is 2. The highest BCUT2D eigenvalue weighted by Gasteiger charge is 2.38. The summed E-state index contributed by atoms with van der Waals surface area (Å²) >= 11 is 0. The summed E-state index contributed by atoms with van der Waals surface area (Å²) in [4.78, 5) is 34.1. The summed E-state index contributed by atoms with van der Waals surface area (Å²) in [5.74, 6) is 0.218. The number of ether oxygens (including phenoxy) is 3. The molecule has 3 aliphatic rings. The molecule has 2 aliphatic heterocycles. The van der Waals surface area contributed by atoms with Crippen molar-refractivity contribution in [2.75, 3.05) is 72.9 Å². The van der Waals surface area contributed by atoms with E-state index < -0.39 is 17.7 Å². The second-order valence-corrected chi connectivity index (χ2v) is 10.7. The van der Waals surface area contributed by atoms with E-state index in [4.69, 9.17) is 19.2 Å². The van der Waals surface area contributed by atoms with Crippen LogP contribution in [0.5, 0.6) is 0 Å². The van der Waals surface area contributed by atoms with Gasteiger partial charge in [-0.15, -0.1) is 0 Å². The zero-order chi connectivity index (χ0) is 27.9. The van der Waals surface area contributed by atoms with Crippen LogP contribution in [0.1, 0.15) is 57.8 Å². The molecule has 1 unspecified atom stereocenters. The molecular formula is C27H46N6O6. The zero-order valence-corrected chi connectivity index (χ0v) is 23.4. The van der Waals surface area contributed by atoms with E-state index in [1.807, 2.05) is 4.90 Å². The fourth-order valence-corrected chi connectivity index (χ4v) is 5.55. The molecule has 0 radical (unpaired) electrons. The number of carbonyl (C=O) groups excluding carboxylic acids is 1. The van der Waals surface area contributed by atoms with Gasteiger partial charge in [0.15, 0.2) is 0 Å². The summed E-state index contributed by atoms with van der Waals surface area (Å²) < 4.78 is 15.9. The Balaban J connectivity index is 1.65. The van der Waals surface area contributed by atoms with E-state index in [-0.39, 0.29) is 11.9 Å². The lowest BCUT2D eigenvalue weighted by Gasteiger charge is -2.38. The van der Waals surface area contributed by atoms with Crippen molar-refractivity contribution in [1.82, 2.24) is 20.4 Å². The van der Waals surface area contributed by atoms with Crippen molar-refractivity contribution in [3.8, 4) is 6.07 Å². The van der Waals surface area contributed by atoms with E-state index in [1.165, 1.54) is 6.42 Å². The predicted octanol–water partition coefficient (Wildman–Crippen LogP) is 1.81. The Kier molecular flexibility index (Phi) is 13.2. The molecule has 1 atom stereocenters. The summed E-state index contributed by atoms with van der Waals surface area (Å²) in [5.41, 5.74) is -0.956.